The number of aryl methyl sites for hydroxylation is 1. The SMILES string of the molecule is COc1ccc(-c2nn(C)c3c2C(c2ccccc2)C(C#N)=C(N)O3)cc1OC. The molecule has 0 amide bonds. The molecule has 7 nitrogen and oxygen atoms in total. The van der Waals surface area contributed by atoms with Crippen LogP contribution in [0.3, 0.4) is 0 Å². The van der Waals surface area contributed by atoms with Gasteiger partial charge in [-0.1, -0.05) is 30.3 Å². The molecule has 7 heteroatoms. The van der Waals surface area contributed by atoms with Crippen molar-refractivity contribution in [2.45, 2.75) is 5.92 Å². The van der Waals surface area contributed by atoms with E-state index in [1.165, 1.54) is 0 Å². The van der Waals surface area contributed by atoms with E-state index in [1.54, 1.807) is 25.9 Å². The third-order valence-electron chi connectivity index (χ3n) is 4.99. The monoisotopic (exact) mass is 388 g/mol. The van der Waals surface area contributed by atoms with Gasteiger partial charge in [0.15, 0.2) is 11.5 Å². The Bertz CT molecular complexity index is 1140. The van der Waals surface area contributed by atoms with Crippen molar-refractivity contribution in [3.05, 3.63) is 71.1 Å². The van der Waals surface area contributed by atoms with Gasteiger partial charge in [0.2, 0.25) is 11.8 Å². The summed E-state index contributed by atoms with van der Waals surface area (Å²) in [6, 6.07) is 17.5. The van der Waals surface area contributed by atoms with E-state index in [1.807, 2.05) is 48.5 Å². The Morgan fingerprint density at radius 2 is 1.83 bits per heavy atom. The Morgan fingerprint density at radius 3 is 2.48 bits per heavy atom. The van der Waals surface area contributed by atoms with Crippen LogP contribution in [0.1, 0.15) is 17.0 Å². The van der Waals surface area contributed by atoms with Gasteiger partial charge in [0, 0.05) is 12.6 Å². The summed E-state index contributed by atoms with van der Waals surface area (Å²) in [4.78, 5) is 0. The number of hydrogen-bond donors (Lipinski definition) is 1. The number of nitrogens with zero attached hydrogens (tertiary/aromatic N) is 3. The first-order chi connectivity index (χ1) is 14.1. The molecule has 1 unspecified atom stereocenters. The Morgan fingerprint density at radius 1 is 1.10 bits per heavy atom. The van der Waals surface area contributed by atoms with Crippen molar-refractivity contribution in [2.75, 3.05) is 14.2 Å². The predicted octanol–water partition coefficient (Wildman–Crippen LogP) is 3.32. The summed E-state index contributed by atoms with van der Waals surface area (Å²) in [5, 5.41) is 14.5. The van der Waals surface area contributed by atoms with Crippen LogP contribution in [-0.4, -0.2) is 24.0 Å². The maximum atomic E-state index is 9.81. The van der Waals surface area contributed by atoms with E-state index in [9.17, 15) is 5.26 Å². The molecule has 0 bridgehead atoms. The molecule has 0 fully saturated rings. The molecular weight excluding hydrogens is 368 g/mol. The largest absolute Gasteiger partial charge is 0.493 e. The number of ether oxygens (including phenoxy) is 3. The first-order valence-corrected chi connectivity index (χ1v) is 9.00. The standard InChI is InChI=1S/C22H20N4O3/c1-26-22-19(20(25-26)14-9-10-16(27-2)17(11-14)28-3)18(13-7-5-4-6-8-13)15(12-23)21(24)29-22/h4-11,18H,24H2,1-3H3. The fourth-order valence-corrected chi connectivity index (χ4v) is 3.65. The molecule has 3 aromatic rings. The summed E-state index contributed by atoms with van der Waals surface area (Å²) < 4.78 is 18.2. The molecule has 0 spiro atoms. The van der Waals surface area contributed by atoms with Crippen LogP contribution < -0.4 is 19.9 Å². The van der Waals surface area contributed by atoms with Gasteiger partial charge in [-0.2, -0.15) is 10.4 Å². The van der Waals surface area contributed by atoms with Crippen LogP contribution in [0.15, 0.2) is 60.0 Å². The lowest BCUT2D eigenvalue weighted by molar-refractivity contribution is 0.355. The van der Waals surface area contributed by atoms with E-state index in [-0.39, 0.29) is 11.8 Å². The molecule has 2 heterocycles. The average Bonchev–Trinajstić information content (AvgIpc) is 3.08. The highest BCUT2D eigenvalue weighted by Crippen LogP contribution is 2.47. The number of fused-ring (bicyclic) bond motifs is 1. The summed E-state index contributed by atoms with van der Waals surface area (Å²) in [6.45, 7) is 0. The van der Waals surface area contributed by atoms with E-state index in [0.717, 1.165) is 16.7 Å². The van der Waals surface area contributed by atoms with Crippen LogP contribution in [0.25, 0.3) is 11.3 Å². The minimum absolute atomic E-state index is 0.0933. The molecule has 0 saturated heterocycles. The van der Waals surface area contributed by atoms with E-state index in [2.05, 4.69) is 11.2 Å². The number of methoxy groups -OCH3 is 2. The molecule has 146 valence electrons. The van der Waals surface area contributed by atoms with Gasteiger partial charge in [0.1, 0.15) is 17.3 Å². The molecule has 1 aliphatic rings. The predicted molar refractivity (Wildman–Crippen MR) is 107 cm³/mol. The normalized spacial score (nSPS) is 15.3. The first kappa shape index (κ1) is 18.4. The van der Waals surface area contributed by atoms with E-state index >= 15 is 0 Å². The summed E-state index contributed by atoms with van der Waals surface area (Å²) in [7, 11) is 4.96. The van der Waals surface area contributed by atoms with Crippen LogP contribution in [0, 0.1) is 11.3 Å². The Balaban J connectivity index is 1.97. The minimum atomic E-state index is -0.387. The second-order valence-electron chi connectivity index (χ2n) is 6.60. The highest BCUT2D eigenvalue weighted by Gasteiger charge is 2.36. The first-order valence-electron chi connectivity index (χ1n) is 9.00. The van der Waals surface area contributed by atoms with Crippen LogP contribution in [0.5, 0.6) is 17.4 Å². The number of rotatable bonds is 4. The second-order valence-corrected chi connectivity index (χ2v) is 6.60. The number of benzene rings is 2. The van der Waals surface area contributed by atoms with Crippen molar-refractivity contribution < 1.29 is 14.2 Å². The van der Waals surface area contributed by atoms with Gasteiger partial charge in [-0.15, -0.1) is 0 Å². The van der Waals surface area contributed by atoms with Crippen molar-refractivity contribution in [1.82, 2.24) is 9.78 Å². The molecule has 4 rings (SSSR count). The van der Waals surface area contributed by atoms with Crippen LogP contribution in [0.4, 0.5) is 0 Å². The quantitative estimate of drug-likeness (QED) is 0.737. The number of hydrogen-bond acceptors (Lipinski definition) is 6. The van der Waals surface area contributed by atoms with Crippen molar-refractivity contribution >= 4 is 0 Å². The molecule has 2 N–H and O–H groups in total. The lowest BCUT2D eigenvalue weighted by Crippen LogP contribution is -2.21. The minimum Gasteiger partial charge on any atom is -0.493 e. The summed E-state index contributed by atoms with van der Waals surface area (Å²) in [6.07, 6.45) is 0. The molecule has 29 heavy (non-hydrogen) atoms. The Kier molecular flexibility index (Phi) is 4.61. The van der Waals surface area contributed by atoms with Gasteiger partial charge < -0.3 is 19.9 Å². The van der Waals surface area contributed by atoms with Gasteiger partial charge in [-0.05, 0) is 23.8 Å². The van der Waals surface area contributed by atoms with Crippen molar-refractivity contribution in [3.63, 3.8) is 0 Å². The van der Waals surface area contributed by atoms with Crippen molar-refractivity contribution in [3.8, 4) is 34.7 Å². The molecular formula is C22H20N4O3. The van der Waals surface area contributed by atoms with Crippen molar-refractivity contribution in [2.24, 2.45) is 12.8 Å². The molecule has 2 aromatic carbocycles. The highest BCUT2D eigenvalue weighted by atomic mass is 16.5. The van der Waals surface area contributed by atoms with E-state index in [0.29, 0.717) is 28.6 Å². The fourth-order valence-electron chi connectivity index (χ4n) is 3.65. The zero-order chi connectivity index (χ0) is 20.5. The topological polar surface area (TPSA) is 95.3 Å². The summed E-state index contributed by atoms with van der Waals surface area (Å²) >= 11 is 0. The third-order valence-corrected chi connectivity index (χ3v) is 4.99. The lowest BCUT2D eigenvalue weighted by atomic mass is 9.83. The average molecular weight is 388 g/mol. The van der Waals surface area contributed by atoms with Gasteiger partial charge in [0.05, 0.1) is 25.7 Å². The smallest absolute Gasteiger partial charge is 0.224 e. The summed E-state index contributed by atoms with van der Waals surface area (Å²) in [5.74, 6) is 1.43. The number of nitrogens with two attached hydrogens (primary N) is 1. The van der Waals surface area contributed by atoms with Gasteiger partial charge in [-0.3, -0.25) is 0 Å². The van der Waals surface area contributed by atoms with Crippen LogP contribution >= 0.6 is 0 Å². The molecule has 1 aromatic heterocycles. The Hall–Kier alpha value is -3.92. The maximum absolute atomic E-state index is 9.81. The number of aromatic nitrogens is 2. The van der Waals surface area contributed by atoms with Gasteiger partial charge in [-0.25, -0.2) is 4.68 Å². The number of allylic oxidation sites excluding steroid dienone is 1. The highest BCUT2D eigenvalue weighted by molar-refractivity contribution is 5.73. The lowest BCUT2D eigenvalue weighted by Gasteiger charge is -2.24. The van der Waals surface area contributed by atoms with Crippen molar-refractivity contribution in [1.29, 1.82) is 5.26 Å². The summed E-state index contributed by atoms with van der Waals surface area (Å²) in [5.41, 5.74) is 9.69. The van der Waals surface area contributed by atoms with E-state index < -0.39 is 0 Å². The zero-order valence-corrected chi connectivity index (χ0v) is 16.3. The molecule has 1 aliphatic heterocycles. The van der Waals surface area contributed by atoms with E-state index in [4.69, 9.17) is 19.9 Å². The fraction of sp³-hybridized carbons (Fsp3) is 0.182. The molecule has 1 atom stereocenters. The Labute approximate surface area is 168 Å². The zero-order valence-electron chi connectivity index (χ0n) is 16.3. The van der Waals surface area contributed by atoms with Gasteiger partial charge in [0.25, 0.3) is 0 Å². The molecule has 0 aliphatic carbocycles. The molecule has 0 radical (unpaired) electrons. The maximum Gasteiger partial charge on any atom is 0.224 e. The second kappa shape index (κ2) is 7.24. The van der Waals surface area contributed by atoms with Crippen LogP contribution in [-0.2, 0) is 7.05 Å². The molecule has 0 saturated carbocycles. The number of nitriles is 1. The van der Waals surface area contributed by atoms with Crippen LogP contribution in [0.2, 0.25) is 0 Å². The van der Waals surface area contributed by atoms with Gasteiger partial charge >= 0.3 is 0 Å². The third kappa shape index (κ3) is 2.95.